The number of hydrogen-bond acceptors (Lipinski definition) is 4. The maximum absolute atomic E-state index is 12.0. The lowest BCUT2D eigenvalue weighted by Crippen LogP contribution is -2.49. The summed E-state index contributed by atoms with van der Waals surface area (Å²) in [5.41, 5.74) is 0.930. The largest absolute Gasteiger partial charge is 0.467 e. The number of para-hydroxylation sites is 1. The zero-order chi connectivity index (χ0) is 15.4. The van der Waals surface area contributed by atoms with Gasteiger partial charge < -0.3 is 19.7 Å². The zero-order valence-electron chi connectivity index (χ0n) is 11.9. The fourth-order valence-electron chi connectivity index (χ4n) is 2.16. The first kappa shape index (κ1) is 15.1. The van der Waals surface area contributed by atoms with Crippen molar-refractivity contribution in [2.24, 2.45) is 0 Å². The van der Waals surface area contributed by atoms with Crippen LogP contribution in [-0.2, 0) is 20.9 Å². The molecule has 0 unspecified atom stereocenters. The molecule has 112 valence electrons. The normalized spacial score (nSPS) is 13.7. The van der Waals surface area contributed by atoms with Crippen molar-refractivity contribution < 1.29 is 19.4 Å². The van der Waals surface area contributed by atoms with E-state index in [-0.39, 0.29) is 12.5 Å². The van der Waals surface area contributed by atoms with Crippen molar-refractivity contribution in [1.82, 2.24) is 9.88 Å². The quantitative estimate of drug-likeness (QED) is 0.794. The summed E-state index contributed by atoms with van der Waals surface area (Å²) in [4.78, 5) is 23.5. The van der Waals surface area contributed by atoms with Gasteiger partial charge >= 0.3 is 5.97 Å². The fraction of sp³-hybridized carbons (Fsp3) is 0.333. The maximum Gasteiger partial charge on any atom is 0.331 e. The van der Waals surface area contributed by atoms with E-state index in [4.69, 9.17) is 0 Å². The van der Waals surface area contributed by atoms with Gasteiger partial charge in [0, 0.05) is 11.7 Å². The highest BCUT2D eigenvalue weighted by Crippen LogP contribution is 2.14. The van der Waals surface area contributed by atoms with Crippen molar-refractivity contribution >= 4 is 22.8 Å². The van der Waals surface area contributed by atoms with Crippen LogP contribution < -0.4 is 5.32 Å². The third kappa shape index (κ3) is 3.41. The first-order valence-corrected chi connectivity index (χ1v) is 6.62. The molecule has 6 nitrogen and oxygen atoms in total. The standard InChI is InChI=1S/C15H18N2O4/c1-10(18)14(15(20)21-2)16-13(19)9-17-8-7-11-5-3-4-6-12(11)17/h3-8,10,14,18H,9H2,1-2H3,(H,16,19)/t10-,14-/m1/s1. The maximum atomic E-state index is 12.0. The Kier molecular flexibility index (Phi) is 4.59. The van der Waals surface area contributed by atoms with E-state index in [9.17, 15) is 14.7 Å². The smallest absolute Gasteiger partial charge is 0.331 e. The summed E-state index contributed by atoms with van der Waals surface area (Å²) in [7, 11) is 1.21. The number of benzene rings is 1. The van der Waals surface area contributed by atoms with Crippen LogP contribution in [0.5, 0.6) is 0 Å². The lowest BCUT2D eigenvalue weighted by molar-refractivity contribution is -0.148. The van der Waals surface area contributed by atoms with Crippen LogP contribution in [0.1, 0.15) is 6.92 Å². The van der Waals surface area contributed by atoms with Crippen molar-refractivity contribution in [2.45, 2.75) is 25.6 Å². The van der Waals surface area contributed by atoms with Gasteiger partial charge in [0.15, 0.2) is 6.04 Å². The molecule has 0 saturated heterocycles. The molecule has 2 rings (SSSR count). The highest BCUT2D eigenvalue weighted by molar-refractivity contribution is 5.86. The molecule has 0 fully saturated rings. The molecule has 2 N–H and O–H groups in total. The third-order valence-electron chi connectivity index (χ3n) is 3.25. The summed E-state index contributed by atoms with van der Waals surface area (Å²) in [5.74, 6) is -1.04. The molecule has 1 aromatic carbocycles. The van der Waals surface area contributed by atoms with Gasteiger partial charge in [-0.25, -0.2) is 4.79 Å². The highest BCUT2D eigenvalue weighted by atomic mass is 16.5. The number of aliphatic hydroxyl groups is 1. The van der Waals surface area contributed by atoms with E-state index in [0.717, 1.165) is 10.9 Å². The number of methoxy groups -OCH3 is 1. The van der Waals surface area contributed by atoms with E-state index >= 15 is 0 Å². The molecule has 1 aromatic heterocycles. The minimum absolute atomic E-state index is 0.0632. The number of carbonyl (C=O) groups excluding carboxylic acids is 2. The Balaban J connectivity index is 2.09. The molecule has 1 heterocycles. The molecular formula is C15H18N2O4. The minimum Gasteiger partial charge on any atom is -0.467 e. The number of nitrogens with one attached hydrogen (secondary N) is 1. The van der Waals surface area contributed by atoms with Crippen molar-refractivity contribution in [2.75, 3.05) is 7.11 Å². The molecule has 0 aliphatic carbocycles. The van der Waals surface area contributed by atoms with Crippen molar-refractivity contribution in [1.29, 1.82) is 0 Å². The number of nitrogens with zero attached hydrogens (tertiary/aromatic N) is 1. The Morgan fingerprint density at radius 3 is 2.71 bits per heavy atom. The predicted molar refractivity (Wildman–Crippen MR) is 77.6 cm³/mol. The van der Waals surface area contributed by atoms with Crippen molar-refractivity contribution in [3.8, 4) is 0 Å². The average molecular weight is 290 g/mol. The lowest BCUT2D eigenvalue weighted by atomic mass is 10.2. The van der Waals surface area contributed by atoms with Crippen molar-refractivity contribution in [3.05, 3.63) is 36.5 Å². The van der Waals surface area contributed by atoms with E-state index < -0.39 is 18.1 Å². The predicted octanol–water partition coefficient (Wildman–Crippen LogP) is 0.680. The topological polar surface area (TPSA) is 80.6 Å². The van der Waals surface area contributed by atoms with Crippen LogP contribution in [-0.4, -0.2) is 40.8 Å². The molecule has 0 spiro atoms. The van der Waals surface area contributed by atoms with Gasteiger partial charge in [0.05, 0.1) is 13.2 Å². The molecule has 0 saturated carbocycles. The van der Waals surface area contributed by atoms with Crippen LogP contribution in [0.2, 0.25) is 0 Å². The summed E-state index contributed by atoms with van der Waals surface area (Å²) < 4.78 is 6.34. The van der Waals surface area contributed by atoms with Gasteiger partial charge in [0.2, 0.25) is 5.91 Å². The molecule has 0 aliphatic heterocycles. The van der Waals surface area contributed by atoms with Gasteiger partial charge in [-0.3, -0.25) is 4.79 Å². The SMILES string of the molecule is COC(=O)[C@H](NC(=O)Cn1ccc2ccccc21)[C@@H](C)O. The van der Waals surface area contributed by atoms with Gasteiger partial charge in [-0.05, 0) is 24.4 Å². The number of hydrogen-bond donors (Lipinski definition) is 2. The van der Waals surface area contributed by atoms with E-state index in [2.05, 4.69) is 10.1 Å². The number of ether oxygens (including phenoxy) is 1. The zero-order valence-corrected chi connectivity index (χ0v) is 11.9. The molecule has 6 heteroatoms. The fourth-order valence-corrected chi connectivity index (χ4v) is 2.16. The molecule has 1 amide bonds. The summed E-state index contributed by atoms with van der Waals surface area (Å²) >= 11 is 0. The Hall–Kier alpha value is -2.34. The number of esters is 1. The van der Waals surface area contributed by atoms with Gasteiger partial charge in [-0.2, -0.15) is 0 Å². The molecular weight excluding hydrogens is 272 g/mol. The van der Waals surface area contributed by atoms with Gasteiger partial charge in [-0.1, -0.05) is 18.2 Å². The van der Waals surface area contributed by atoms with Crippen LogP contribution in [0, 0.1) is 0 Å². The number of fused-ring (bicyclic) bond motifs is 1. The minimum atomic E-state index is -1.07. The van der Waals surface area contributed by atoms with Crippen LogP contribution in [0.25, 0.3) is 10.9 Å². The summed E-state index contributed by atoms with van der Waals surface area (Å²) in [5, 5.41) is 13.1. The molecule has 0 bridgehead atoms. The number of amides is 1. The monoisotopic (exact) mass is 290 g/mol. The Morgan fingerprint density at radius 1 is 1.33 bits per heavy atom. The second-order valence-electron chi connectivity index (χ2n) is 4.81. The average Bonchev–Trinajstić information content (AvgIpc) is 2.87. The van der Waals surface area contributed by atoms with Crippen LogP contribution >= 0.6 is 0 Å². The second-order valence-corrected chi connectivity index (χ2v) is 4.81. The van der Waals surface area contributed by atoms with E-state index in [1.54, 1.807) is 10.8 Å². The summed E-state index contributed by atoms with van der Waals surface area (Å²) in [6.45, 7) is 1.49. The third-order valence-corrected chi connectivity index (χ3v) is 3.25. The molecule has 0 radical (unpaired) electrons. The Morgan fingerprint density at radius 2 is 2.05 bits per heavy atom. The van der Waals surface area contributed by atoms with Crippen LogP contribution in [0.4, 0.5) is 0 Å². The first-order chi connectivity index (χ1) is 10.0. The lowest BCUT2D eigenvalue weighted by Gasteiger charge is -2.19. The highest BCUT2D eigenvalue weighted by Gasteiger charge is 2.26. The second kappa shape index (κ2) is 6.41. The van der Waals surface area contributed by atoms with Gasteiger partial charge in [0.1, 0.15) is 6.54 Å². The van der Waals surface area contributed by atoms with E-state index in [1.807, 2.05) is 30.3 Å². The number of aromatic nitrogens is 1. The van der Waals surface area contributed by atoms with Gasteiger partial charge in [0.25, 0.3) is 0 Å². The summed E-state index contributed by atoms with van der Waals surface area (Å²) in [6.07, 6.45) is 0.780. The Bertz CT molecular complexity index is 648. The molecule has 2 atom stereocenters. The molecule has 21 heavy (non-hydrogen) atoms. The first-order valence-electron chi connectivity index (χ1n) is 6.62. The van der Waals surface area contributed by atoms with Crippen LogP contribution in [0.3, 0.4) is 0 Å². The van der Waals surface area contributed by atoms with Gasteiger partial charge in [-0.15, -0.1) is 0 Å². The number of rotatable bonds is 5. The van der Waals surface area contributed by atoms with E-state index in [1.165, 1.54) is 14.0 Å². The molecule has 0 aliphatic rings. The number of aliphatic hydroxyl groups excluding tert-OH is 1. The van der Waals surface area contributed by atoms with Crippen molar-refractivity contribution in [3.63, 3.8) is 0 Å². The number of carbonyl (C=O) groups is 2. The van der Waals surface area contributed by atoms with Crippen LogP contribution in [0.15, 0.2) is 36.5 Å². The molecule has 2 aromatic rings. The Labute approximate surface area is 122 Å². The van der Waals surface area contributed by atoms with E-state index in [0.29, 0.717) is 0 Å². The summed E-state index contributed by atoms with van der Waals surface area (Å²) in [6, 6.07) is 8.53.